The molecule has 2 aliphatic rings. The number of piperazine rings is 1. The van der Waals surface area contributed by atoms with Crippen molar-refractivity contribution >= 4 is 48.8 Å². The fraction of sp³-hybridized carbons (Fsp3) is 0.435. The van der Waals surface area contributed by atoms with Crippen LogP contribution in [0.3, 0.4) is 0 Å². The van der Waals surface area contributed by atoms with Crippen molar-refractivity contribution in [1.82, 2.24) is 14.3 Å². The quantitative estimate of drug-likeness (QED) is 0.585. The highest BCUT2D eigenvalue weighted by Gasteiger charge is 2.25. The van der Waals surface area contributed by atoms with Gasteiger partial charge in [0.05, 0.1) is 22.8 Å². The standard InChI is InChI=1S/C23H26N6O2S2/c1-33(30,31)29-10-8-28(9-11-29)17-6-7-21(25-14-17)27-22-12-18-20(15-26-22)32-19(13-24)23(18)16-4-2-3-5-16/h6-7,12,14-16H,2-5,8-11H2,1H3,(H,25,26,27). The summed E-state index contributed by atoms with van der Waals surface area (Å²) in [5.74, 6) is 1.87. The molecule has 3 aromatic rings. The van der Waals surface area contributed by atoms with E-state index >= 15 is 0 Å². The Hall–Kier alpha value is -2.74. The molecule has 0 spiro atoms. The van der Waals surface area contributed by atoms with Crippen LogP contribution in [-0.4, -0.2) is 55.1 Å². The molecule has 1 saturated heterocycles. The topological polar surface area (TPSA) is 102 Å². The zero-order chi connectivity index (χ0) is 23.0. The summed E-state index contributed by atoms with van der Waals surface area (Å²) in [6.07, 6.45) is 9.64. The average molecular weight is 483 g/mol. The number of hydrogen-bond donors (Lipinski definition) is 1. The first-order valence-electron chi connectivity index (χ1n) is 11.2. The molecule has 0 radical (unpaired) electrons. The molecule has 3 aromatic heterocycles. The molecule has 0 amide bonds. The number of nitriles is 1. The van der Waals surface area contributed by atoms with Crippen LogP contribution in [0.1, 0.15) is 42.0 Å². The van der Waals surface area contributed by atoms with Gasteiger partial charge < -0.3 is 10.2 Å². The maximum absolute atomic E-state index is 11.7. The summed E-state index contributed by atoms with van der Waals surface area (Å²) in [5.41, 5.74) is 2.16. The summed E-state index contributed by atoms with van der Waals surface area (Å²) in [6, 6.07) is 8.34. The Bertz CT molecular complexity index is 1300. The highest BCUT2D eigenvalue weighted by Crippen LogP contribution is 2.43. The van der Waals surface area contributed by atoms with Gasteiger partial charge in [-0.2, -0.15) is 9.57 Å². The molecule has 2 fully saturated rings. The minimum Gasteiger partial charge on any atom is -0.368 e. The third kappa shape index (κ3) is 4.53. The summed E-state index contributed by atoms with van der Waals surface area (Å²) < 4.78 is 26.0. The van der Waals surface area contributed by atoms with Gasteiger partial charge >= 0.3 is 0 Å². The number of rotatable bonds is 5. The van der Waals surface area contributed by atoms with Gasteiger partial charge in [-0.1, -0.05) is 12.8 Å². The fourth-order valence-electron chi connectivity index (χ4n) is 4.85. The third-order valence-electron chi connectivity index (χ3n) is 6.56. The van der Waals surface area contributed by atoms with Gasteiger partial charge in [-0.15, -0.1) is 11.3 Å². The number of sulfonamides is 1. The minimum absolute atomic E-state index is 0.462. The second-order valence-corrected chi connectivity index (χ2v) is 11.7. The summed E-state index contributed by atoms with van der Waals surface area (Å²) in [6.45, 7) is 2.25. The molecule has 172 valence electrons. The molecule has 1 saturated carbocycles. The van der Waals surface area contributed by atoms with Gasteiger partial charge in [0.1, 0.15) is 22.6 Å². The number of fused-ring (bicyclic) bond motifs is 1. The van der Waals surface area contributed by atoms with Gasteiger partial charge in [0.15, 0.2) is 0 Å². The first-order chi connectivity index (χ1) is 15.9. The van der Waals surface area contributed by atoms with Crippen molar-refractivity contribution < 1.29 is 8.42 Å². The van der Waals surface area contributed by atoms with Crippen LogP contribution in [-0.2, 0) is 10.0 Å². The molecule has 0 atom stereocenters. The van der Waals surface area contributed by atoms with E-state index < -0.39 is 10.0 Å². The predicted molar refractivity (Wildman–Crippen MR) is 132 cm³/mol. The number of nitrogens with zero attached hydrogens (tertiary/aromatic N) is 5. The summed E-state index contributed by atoms with van der Waals surface area (Å²) in [7, 11) is -3.14. The highest BCUT2D eigenvalue weighted by molar-refractivity contribution is 7.88. The second kappa shape index (κ2) is 8.89. The lowest BCUT2D eigenvalue weighted by molar-refractivity contribution is 0.388. The zero-order valence-corrected chi connectivity index (χ0v) is 20.1. The molecule has 0 bridgehead atoms. The maximum Gasteiger partial charge on any atom is 0.211 e. The number of nitrogens with one attached hydrogen (secondary N) is 1. The van der Waals surface area contributed by atoms with Gasteiger partial charge in [0, 0.05) is 37.8 Å². The van der Waals surface area contributed by atoms with Gasteiger partial charge in [-0.25, -0.2) is 18.4 Å². The summed E-state index contributed by atoms with van der Waals surface area (Å²) >= 11 is 1.53. The lowest BCUT2D eigenvalue weighted by Gasteiger charge is -2.34. The third-order valence-corrected chi connectivity index (χ3v) is 8.92. The van der Waals surface area contributed by atoms with Crippen molar-refractivity contribution in [3.63, 3.8) is 0 Å². The van der Waals surface area contributed by atoms with E-state index in [2.05, 4.69) is 26.3 Å². The first-order valence-corrected chi connectivity index (χ1v) is 13.8. The predicted octanol–water partition coefficient (Wildman–Crippen LogP) is 4.05. The Morgan fingerprint density at radius 3 is 2.45 bits per heavy atom. The van der Waals surface area contributed by atoms with Crippen molar-refractivity contribution in [2.45, 2.75) is 31.6 Å². The van der Waals surface area contributed by atoms with Crippen LogP contribution >= 0.6 is 11.3 Å². The zero-order valence-electron chi connectivity index (χ0n) is 18.5. The molecule has 0 aromatic carbocycles. The van der Waals surface area contributed by atoms with Crippen LogP contribution in [0.4, 0.5) is 17.3 Å². The van der Waals surface area contributed by atoms with Crippen molar-refractivity contribution in [3.05, 3.63) is 41.0 Å². The van der Waals surface area contributed by atoms with Crippen LogP contribution in [0, 0.1) is 11.3 Å². The maximum atomic E-state index is 11.7. The van der Waals surface area contributed by atoms with E-state index in [1.165, 1.54) is 40.3 Å². The lowest BCUT2D eigenvalue weighted by atomic mass is 9.95. The van der Waals surface area contributed by atoms with Crippen molar-refractivity contribution in [2.24, 2.45) is 0 Å². The molecular formula is C23H26N6O2S2. The Balaban J connectivity index is 1.32. The van der Waals surface area contributed by atoms with Crippen LogP contribution < -0.4 is 10.2 Å². The molecule has 1 aliphatic carbocycles. The number of thiophene rings is 1. The molecule has 1 N–H and O–H groups in total. The summed E-state index contributed by atoms with van der Waals surface area (Å²) in [4.78, 5) is 12.0. The smallest absolute Gasteiger partial charge is 0.211 e. The second-order valence-electron chi connectivity index (χ2n) is 8.68. The Morgan fingerprint density at radius 1 is 1.09 bits per heavy atom. The number of pyridine rings is 2. The largest absolute Gasteiger partial charge is 0.368 e. The van der Waals surface area contributed by atoms with Gasteiger partial charge in [0.25, 0.3) is 0 Å². The molecule has 33 heavy (non-hydrogen) atoms. The molecule has 1 aliphatic heterocycles. The number of hydrogen-bond acceptors (Lipinski definition) is 8. The van der Waals surface area contributed by atoms with Crippen molar-refractivity contribution in [3.8, 4) is 6.07 Å². The highest BCUT2D eigenvalue weighted by atomic mass is 32.2. The molecule has 8 nitrogen and oxygen atoms in total. The Morgan fingerprint density at radius 2 is 1.82 bits per heavy atom. The molecule has 4 heterocycles. The van der Waals surface area contributed by atoms with E-state index in [9.17, 15) is 13.7 Å². The number of aromatic nitrogens is 2. The van der Waals surface area contributed by atoms with E-state index in [1.54, 1.807) is 6.20 Å². The Labute approximate surface area is 197 Å². The van der Waals surface area contributed by atoms with Crippen molar-refractivity contribution in [2.75, 3.05) is 42.7 Å². The molecule has 0 unspecified atom stereocenters. The minimum atomic E-state index is -3.14. The molecule has 5 rings (SSSR count). The molecule has 10 heteroatoms. The average Bonchev–Trinajstić information content (AvgIpc) is 3.46. The first kappa shape index (κ1) is 22.1. The van der Waals surface area contributed by atoms with Crippen LogP contribution in [0.15, 0.2) is 30.6 Å². The van der Waals surface area contributed by atoms with Gasteiger partial charge in [-0.05, 0) is 42.5 Å². The van der Waals surface area contributed by atoms with Crippen LogP contribution in [0.25, 0.3) is 10.1 Å². The normalized spacial score (nSPS) is 18.0. The van der Waals surface area contributed by atoms with E-state index in [1.807, 2.05) is 24.4 Å². The van der Waals surface area contributed by atoms with E-state index in [0.29, 0.717) is 43.7 Å². The van der Waals surface area contributed by atoms with E-state index in [4.69, 9.17) is 0 Å². The van der Waals surface area contributed by atoms with E-state index in [0.717, 1.165) is 33.5 Å². The van der Waals surface area contributed by atoms with Crippen LogP contribution in [0.5, 0.6) is 0 Å². The Kier molecular flexibility index (Phi) is 5.95. The number of anilines is 3. The van der Waals surface area contributed by atoms with Crippen LogP contribution in [0.2, 0.25) is 0 Å². The van der Waals surface area contributed by atoms with Crippen molar-refractivity contribution in [1.29, 1.82) is 5.26 Å². The van der Waals surface area contributed by atoms with E-state index in [-0.39, 0.29) is 0 Å². The monoisotopic (exact) mass is 482 g/mol. The van der Waals surface area contributed by atoms with Gasteiger partial charge in [-0.3, -0.25) is 0 Å². The fourth-order valence-corrected chi connectivity index (χ4v) is 6.71. The van der Waals surface area contributed by atoms with Gasteiger partial charge in [0.2, 0.25) is 10.0 Å². The molecular weight excluding hydrogens is 456 g/mol. The SMILES string of the molecule is CS(=O)(=O)N1CCN(c2ccc(Nc3cc4c(C5CCCC5)c(C#N)sc4cn3)nc2)CC1. The summed E-state index contributed by atoms with van der Waals surface area (Å²) in [5, 5.41) is 14.1. The lowest BCUT2D eigenvalue weighted by Crippen LogP contribution is -2.48.